The molecule has 1 atom stereocenters. The summed E-state index contributed by atoms with van der Waals surface area (Å²) in [7, 11) is 1.92. The summed E-state index contributed by atoms with van der Waals surface area (Å²) in [6.45, 7) is 2.86. The third-order valence-electron chi connectivity index (χ3n) is 2.56. The highest BCUT2D eigenvalue weighted by Crippen LogP contribution is 2.15. The quantitative estimate of drug-likeness (QED) is 0.832. The average Bonchev–Trinajstić information content (AvgIpc) is 2.91. The predicted octanol–water partition coefficient (Wildman–Crippen LogP) is 1.65. The molecule has 0 aliphatic heterocycles. The van der Waals surface area contributed by atoms with Crippen LogP contribution >= 0.6 is 0 Å². The molecule has 0 aliphatic carbocycles. The molecule has 0 radical (unpaired) electrons. The molecule has 0 aliphatic rings. The van der Waals surface area contributed by atoms with Gasteiger partial charge in [0.2, 0.25) is 0 Å². The topological polar surface area (TPSA) is 55.9 Å². The van der Waals surface area contributed by atoms with Crippen LogP contribution in [0.4, 0.5) is 0 Å². The maximum absolute atomic E-state index is 4.78. The third kappa shape index (κ3) is 2.49. The van der Waals surface area contributed by atoms with Gasteiger partial charge in [-0.05, 0) is 6.42 Å². The van der Waals surface area contributed by atoms with Crippen molar-refractivity contribution >= 4 is 0 Å². The molecule has 1 N–H and O–H groups in total. The first kappa shape index (κ1) is 10.9. The van der Waals surface area contributed by atoms with Crippen LogP contribution in [0.3, 0.4) is 0 Å². The molecule has 2 aromatic heterocycles. The van der Waals surface area contributed by atoms with Gasteiger partial charge in [0.25, 0.3) is 0 Å². The van der Waals surface area contributed by atoms with Gasteiger partial charge in [-0.25, -0.2) is 0 Å². The SMILES string of the molecule is CCC(NCc1ccon1)c1cnn(C)c1. The zero-order chi connectivity index (χ0) is 11.4. The largest absolute Gasteiger partial charge is 0.364 e. The fraction of sp³-hybridized carbons (Fsp3) is 0.455. The van der Waals surface area contributed by atoms with Crippen molar-refractivity contribution in [3.05, 3.63) is 36.0 Å². The molecule has 2 heterocycles. The van der Waals surface area contributed by atoms with E-state index in [0.717, 1.165) is 12.1 Å². The molecule has 0 amide bonds. The number of aryl methyl sites for hydroxylation is 1. The molecule has 0 fully saturated rings. The molecule has 86 valence electrons. The van der Waals surface area contributed by atoms with Crippen molar-refractivity contribution in [1.29, 1.82) is 0 Å². The van der Waals surface area contributed by atoms with Gasteiger partial charge in [-0.2, -0.15) is 5.10 Å². The summed E-state index contributed by atoms with van der Waals surface area (Å²) in [5.41, 5.74) is 2.12. The Hall–Kier alpha value is -1.62. The number of hydrogen-bond donors (Lipinski definition) is 1. The van der Waals surface area contributed by atoms with Gasteiger partial charge in [-0.3, -0.25) is 4.68 Å². The Morgan fingerprint density at radius 3 is 3.00 bits per heavy atom. The summed E-state index contributed by atoms with van der Waals surface area (Å²) in [5.74, 6) is 0. The average molecular weight is 220 g/mol. The van der Waals surface area contributed by atoms with E-state index in [9.17, 15) is 0 Å². The molecule has 1 unspecified atom stereocenters. The minimum Gasteiger partial charge on any atom is -0.364 e. The maximum Gasteiger partial charge on any atom is 0.124 e. The lowest BCUT2D eigenvalue weighted by atomic mass is 10.1. The van der Waals surface area contributed by atoms with E-state index >= 15 is 0 Å². The lowest BCUT2D eigenvalue weighted by Crippen LogP contribution is -2.20. The van der Waals surface area contributed by atoms with E-state index in [4.69, 9.17) is 4.52 Å². The van der Waals surface area contributed by atoms with E-state index in [1.807, 2.05) is 30.2 Å². The van der Waals surface area contributed by atoms with Crippen LogP contribution in [0.25, 0.3) is 0 Å². The molecule has 5 heteroatoms. The summed E-state index contributed by atoms with van der Waals surface area (Å²) in [4.78, 5) is 0. The highest BCUT2D eigenvalue weighted by Gasteiger charge is 2.10. The van der Waals surface area contributed by atoms with Crippen LogP contribution in [0, 0.1) is 0 Å². The molecule has 0 saturated carbocycles. The number of nitrogens with one attached hydrogen (secondary N) is 1. The molecular formula is C11H16N4O. The van der Waals surface area contributed by atoms with Crippen molar-refractivity contribution in [2.45, 2.75) is 25.9 Å². The number of aromatic nitrogens is 3. The first-order valence-electron chi connectivity index (χ1n) is 5.40. The standard InChI is InChI=1S/C11H16N4O/c1-3-11(9-6-13-15(2)8-9)12-7-10-4-5-16-14-10/h4-6,8,11-12H,3,7H2,1-2H3. The fourth-order valence-electron chi connectivity index (χ4n) is 1.67. The van der Waals surface area contributed by atoms with E-state index in [1.54, 1.807) is 6.26 Å². The second kappa shape index (κ2) is 4.94. The molecule has 2 rings (SSSR count). The zero-order valence-corrected chi connectivity index (χ0v) is 9.55. The van der Waals surface area contributed by atoms with Gasteiger partial charge in [0.1, 0.15) is 6.26 Å². The third-order valence-corrected chi connectivity index (χ3v) is 2.56. The lowest BCUT2D eigenvalue weighted by Gasteiger charge is -2.13. The Bertz CT molecular complexity index is 421. The van der Waals surface area contributed by atoms with Gasteiger partial charge >= 0.3 is 0 Å². The first-order valence-corrected chi connectivity index (χ1v) is 5.40. The second-order valence-electron chi connectivity index (χ2n) is 3.78. The van der Waals surface area contributed by atoms with Crippen LogP contribution in [0.2, 0.25) is 0 Å². The normalized spacial score (nSPS) is 12.9. The van der Waals surface area contributed by atoms with Gasteiger partial charge in [-0.1, -0.05) is 12.1 Å². The summed E-state index contributed by atoms with van der Waals surface area (Å²) >= 11 is 0. The van der Waals surface area contributed by atoms with E-state index in [2.05, 4.69) is 22.5 Å². The molecule has 0 spiro atoms. The van der Waals surface area contributed by atoms with Crippen LogP contribution in [0.5, 0.6) is 0 Å². The van der Waals surface area contributed by atoms with Gasteiger partial charge in [-0.15, -0.1) is 0 Å². The van der Waals surface area contributed by atoms with Gasteiger partial charge in [0, 0.05) is 37.5 Å². The predicted molar refractivity (Wildman–Crippen MR) is 59.6 cm³/mol. The Morgan fingerprint density at radius 1 is 1.56 bits per heavy atom. The summed E-state index contributed by atoms with van der Waals surface area (Å²) in [6.07, 6.45) is 6.53. The minimum atomic E-state index is 0.311. The second-order valence-corrected chi connectivity index (χ2v) is 3.78. The molecule has 2 aromatic rings. The van der Waals surface area contributed by atoms with E-state index in [1.165, 1.54) is 5.56 Å². The molecule has 0 saturated heterocycles. The van der Waals surface area contributed by atoms with Crippen molar-refractivity contribution in [2.75, 3.05) is 0 Å². The number of rotatable bonds is 5. The van der Waals surface area contributed by atoms with Crippen LogP contribution in [-0.2, 0) is 13.6 Å². The summed E-state index contributed by atoms with van der Waals surface area (Å²) in [5, 5.41) is 11.5. The fourth-order valence-corrected chi connectivity index (χ4v) is 1.67. The summed E-state index contributed by atoms with van der Waals surface area (Å²) in [6, 6.07) is 2.17. The highest BCUT2D eigenvalue weighted by molar-refractivity contribution is 5.10. The van der Waals surface area contributed by atoms with E-state index in [0.29, 0.717) is 12.6 Å². The van der Waals surface area contributed by atoms with Crippen molar-refractivity contribution in [3.8, 4) is 0 Å². The van der Waals surface area contributed by atoms with Gasteiger partial charge in [0.15, 0.2) is 0 Å². The van der Waals surface area contributed by atoms with Crippen LogP contribution in [-0.4, -0.2) is 14.9 Å². The first-order chi connectivity index (χ1) is 7.79. The highest BCUT2D eigenvalue weighted by atomic mass is 16.5. The lowest BCUT2D eigenvalue weighted by molar-refractivity contribution is 0.403. The monoisotopic (exact) mass is 220 g/mol. The van der Waals surface area contributed by atoms with Gasteiger partial charge < -0.3 is 9.84 Å². The minimum absolute atomic E-state index is 0.311. The van der Waals surface area contributed by atoms with Crippen LogP contribution in [0.1, 0.15) is 30.6 Å². The Morgan fingerprint density at radius 2 is 2.44 bits per heavy atom. The molecule has 0 aromatic carbocycles. The van der Waals surface area contributed by atoms with Crippen LogP contribution < -0.4 is 5.32 Å². The summed E-state index contributed by atoms with van der Waals surface area (Å²) < 4.78 is 6.60. The number of hydrogen-bond acceptors (Lipinski definition) is 4. The number of nitrogens with zero attached hydrogens (tertiary/aromatic N) is 3. The van der Waals surface area contributed by atoms with Crippen molar-refractivity contribution < 1.29 is 4.52 Å². The van der Waals surface area contributed by atoms with Gasteiger partial charge in [0.05, 0.1) is 11.9 Å². The zero-order valence-electron chi connectivity index (χ0n) is 9.55. The maximum atomic E-state index is 4.78. The molecular weight excluding hydrogens is 204 g/mol. The molecule has 5 nitrogen and oxygen atoms in total. The van der Waals surface area contributed by atoms with Crippen LogP contribution in [0.15, 0.2) is 29.2 Å². The van der Waals surface area contributed by atoms with Crippen molar-refractivity contribution in [1.82, 2.24) is 20.3 Å². The Labute approximate surface area is 94.4 Å². The van der Waals surface area contributed by atoms with Crippen molar-refractivity contribution in [2.24, 2.45) is 7.05 Å². The van der Waals surface area contributed by atoms with E-state index < -0.39 is 0 Å². The smallest absolute Gasteiger partial charge is 0.124 e. The Kier molecular flexibility index (Phi) is 3.36. The van der Waals surface area contributed by atoms with E-state index in [-0.39, 0.29) is 0 Å². The molecule has 16 heavy (non-hydrogen) atoms. The van der Waals surface area contributed by atoms with Crippen molar-refractivity contribution in [3.63, 3.8) is 0 Å². The molecule has 0 bridgehead atoms. The Balaban J connectivity index is 1.96.